The van der Waals surface area contributed by atoms with Crippen molar-refractivity contribution in [3.8, 4) is 6.07 Å². The van der Waals surface area contributed by atoms with Crippen LogP contribution >= 0.6 is 22.9 Å². The summed E-state index contributed by atoms with van der Waals surface area (Å²) in [6, 6.07) is 12.2. The molecule has 0 atom stereocenters. The number of carbonyl (C=O) groups excluding carboxylic acids is 2. The third-order valence-electron chi connectivity index (χ3n) is 4.92. The maximum atomic E-state index is 13.1. The molecule has 9 nitrogen and oxygen atoms in total. The first-order chi connectivity index (χ1) is 17.0. The molecule has 182 valence electrons. The van der Waals surface area contributed by atoms with Crippen LogP contribution in [0.25, 0.3) is 0 Å². The van der Waals surface area contributed by atoms with Crippen molar-refractivity contribution in [1.29, 1.82) is 5.26 Å². The second-order valence-corrected chi connectivity index (χ2v) is 8.85. The van der Waals surface area contributed by atoms with E-state index >= 15 is 0 Å². The summed E-state index contributed by atoms with van der Waals surface area (Å²) in [7, 11) is 1.56. The number of anilines is 1. The Bertz CT molecular complexity index is 1150. The summed E-state index contributed by atoms with van der Waals surface area (Å²) in [5, 5.41) is 14.7. The van der Waals surface area contributed by atoms with Gasteiger partial charge in [0.1, 0.15) is 10.7 Å². The Morgan fingerprint density at radius 3 is 2.66 bits per heavy atom. The van der Waals surface area contributed by atoms with E-state index in [4.69, 9.17) is 21.6 Å². The van der Waals surface area contributed by atoms with Crippen molar-refractivity contribution in [3.63, 3.8) is 0 Å². The van der Waals surface area contributed by atoms with Crippen LogP contribution in [-0.2, 0) is 17.8 Å². The fourth-order valence-corrected chi connectivity index (χ4v) is 4.05. The van der Waals surface area contributed by atoms with Gasteiger partial charge >= 0.3 is 6.03 Å². The Morgan fingerprint density at radius 1 is 1.17 bits per heavy atom. The molecule has 0 radical (unpaired) electrons. The Balaban J connectivity index is 1.70. The summed E-state index contributed by atoms with van der Waals surface area (Å²) in [4.78, 5) is 37.7. The number of nitrogens with one attached hydrogen (secondary N) is 1. The normalized spacial score (nSPS) is 10.4. The number of hydrogen-bond donors (Lipinski definition) is 1. The highest BCUT2D eigenvalue weighted by molar-refractivity contribution is 7.09. The Morgan fingerprint density at radius 2 is 1.97 bits per heavy atom. The molecule has 3 amide bonds. The summed E-state index contributed by atoms with van der Waals surface area (Å²) >= 11 is 7.21. The number of pyridine rings is 1. The number of benzene rings is 1. The molecule has 11 heteroatoms. The van der Waals surface area contributed by atoms with E-state index in [9.17, 15) is 9.59 Å². The summed E-state index contributed by atoms with van der Waals surface area (Å²) in [5.41, 5.74) is 1.75. The molecule has 2 aromatic heterocycles. The molecule has 0 spiro atoms. The fourth-order valence-electron chi connectivity index (χ4n) is 3.15. The molecule has 1 aromatic carbocycles. The van der Waals surface area contributed by atoms with Crippen molar-refractivity contribution < 1.29 is 14.3 Å². The van der Waals surface area contributed by atoms with E-state index in [2.05, 4.69) is 21.4 Å². The van der Waals surface area contributed by atoms with Crippen LogP contribution in [0.2, 0.25) is 5.02 Å². The molecule has 2 heterocycles. The molecule has 3 rings (SSSR count). The zero-order chi connectivity index (χ0) is 25.0. The van der Waals surface area contributed by atoms with E-state index in [1.54, 1.807) is 65.0 Å². The molecule has 0 fully saturated rings. The van der Waals surface area contributed by atoms with Crippen LogP contribution in [0.1, 0.15) is 27.5 Å². The number of methoxy groups -OCH3 is 1. The first kappa shape index (κ1) is 26.1. The lowest BCUT2D eigenvalue weighted by atomic mass is 10.2. The first-order valence-electron chi connectivity index (χ1n) is 10.8. The topological polar surface area (TPSA) is 111 Å². The van der Waals surface area contributed by atoms with Crippen LogP contribution in [0.15, 0.2) is 54.2 Å². The van der Waals surface area contributed by atoms with E-state index < -0.39 is 0 Å². The lowest BCUT2D eigenvalue weighted by Crippen LogP contribution is -2.37. The van der Waals surface area contributed by atoms with E-state index in [0.29, 0.717) is 35.4 Å². The van der Waals surface area contributed by atoms with Gasteiger partial charge in [0.15, 0.2) is 0 Å². The monoisotopic (exact) mass is 512 g/mol. The van der Waals surface area contributed by atoms with Gasteiger partial charge in [0.2, 0.25) is 0 Å². The van der Waals surface area contributed by atoms with Crippen LogP contribution < -0.4 is 5.32 Å². The zero-order valence-corrected chi connectivity index (χ0v) is 20.8. The average molecular weight is 513 g/mol. The lowest BCUT2D eigenvalue weighted by Gasteiger charge is -2.22. The highest BCUT2D eigenvalue weighted by atomic mass is 35.5. The van der Waals surface area contributed by atoms with Gasteiger partial charge in [0.25, 0.3) is 5.91 Å². The van der Waals surface area contributed by atoms with Crippen LogP contribution in [-0.4, -0.2) is 58.5 Å². The predicted molar refractivity (Wildman–Crippen MR) is 134 cm³/mol. The third-order valence-corrected chi connectivity index (χ3v) is 6.01. The number of urea groups is 1. The number of ether oxygens (including phenoxy) is 1. The number of aromatic nitrogens is 2. The molecule has 1 N–H and O–H groups in total. The number of nitrogens with zero attached hydrogens (tertiary/aromatic N) is 5. The highest BCUT2D eigenvalue weighted by Gasteiger charge is 2.21. The largest absolute Gasteiger partial charge is 0.383 e. The van der Waals surface area contributed by atoms with Gasteiger partial charge in [0, 0.05) is 55.2 Å². The molecule has 0 aliphatic rings. The van der Waals surface area contributed by atoms with Crippen molar-refractivity contribution in [2.24, 2.45) is 0 Å². The number of halogens is 1. The standard InChI is InChI=1S/C24H25ClN6O3S/c1-34-13-12-31(24(33)28-20-7-5-19(25)6-8-20)16-22-29-21(17-35-22)23(32)30(11-3-9-26)15-18-4-2-10-27-14-18/h2,4-8,10,14,17H,3,11-13,15-16H2,1H3,(H,28,33). The van der Waals surface area contributed by atoms with E-state index in [1.807, 2.05) is 6.07 Å². The maximum absolute atomic E-state index is 13.1. The Kier molecular flexibility index (Phi) is 9.98. The van der Waals surface area contributed by atoms with Crippen molar-refractivity contribution in [1.82, 2.24) is 19.8 Å². The second kappa shape index (κ2) is 13.4. The summed E-state index contributed by atoms with van der Waals surface area (Å²) in [6.45, 7) is 1.50. The number of nitriles is 1. The minimum Gasteiger partial charge on any atom is -0.383 e. The molecule has 35 heavy (non-hydrogen) atoms. The highest BCUT2D eigenvalue weighted by Crippen LogP contribution is 2.18. The van der Waals surface area contributed by atoms with E-state index in [0.717, 1.165) is 5.56 Å². The molecule has 0 unspecified atom stereocenters. The van der Waals surface area contributed by atoms with Gasteiger partial charge in [-0.3, -0.25) is 9.78 Å². The van der Waals surface area contributed by atoms with Gasteiger partial charge in [-0.2, -0.15) is 5.26 Å². The molecule has 0 aliphatic heterocycles. The van der Waals surface area contributed by atoms with Crippen molar-refractivity contribution in [2.75, 3.05) is 32.1 Å². The molecular weight excluding hydrogens is 488 g/mol. The van der Waals surface area contributed by atoms with E-state index in [1.165, 1.54) is 11.3 Å². The molecule has 0 aliphatic carbocycles. The molecule has 0 saturated carbocycles. The van der Waals surface area contributed by atoms with E-state index in [-0.39, 0.29) is 37.1 Å². The maximum Gasteiger partial charge on any atom is 0.322 e. The van der Waals surface area contributed by atoms with Gasteiger partial charge in [0.05, 0.1) is 25.6 Å². The number of thiazole rings is 1. The van der Waals surface area contributed by atoms with Crippen LogP contribution in [0, 0.1) is 11.3 Å². The van der Waals surface area contributed by atoms with Crippen LogP contribution in [0.5, 0.6) is 0 Å². The minimum absolute atomic E-state index is 0.207. The number of amides is 3. The molecule has 0 saturated heterocycles. The van der Waals surface area contributed by atoms with Crippen molar-refractivity contribution in [2.45, 2.75) is 19.5 Å². The number of hydrogen-bond acceptors (Lipinski definition) is 7. The Labute approximate surface area is 212 Å². The van der Waals surface area contributed by atoms with Gasteiger partial charge in [-0.05, 0) is 35.9 Å². The lowest BCUT2D eigenvalue weighted by molar-refractivity contribution is 0.0741. The molecule has 0 bridgehead atoms. The summed E-state index contributed by atoms with van der Waals surface area (Å²) in [6.07, 6.45) is 3.56. The van der Waals surface area contributed by atoms with Gasteiger partial charge < -0.3 is 19.9 Å². The van der Waals surface area contributed by atoms with Crippen molar-refractivity contribution >= 4 is 40.6 Å². The second-order valence-electron chi connectivity index (χ2n) is 7.47. The quantitative estimate of drug-likeness (QED) is 0.407. The summed E-state index contributed by atoms with van der Waals surface area (Å²) < 4.78 is 5.15. The summed E-state index contributed by atoms with van der Waals surface area (Å²) in [5.74, 6) is -0.277. The van der Waals surface area contributed by atoms with Gasteiger partial charge in [-0.15, -0.1) is 11.3 Å². The SMILES string of the molecule is COCCN(Cc1nc(C(=O)N(CCC#N)Cc2cccnc2)cs1)C(=O)Nc1ccc(Cl)cc1. The first-order valence-corrected chi connectivity index (χ1v) is 12.1. The fraction of sp³-hybridized carbons (Fsp3) is 0.292. The van der Waals surface area contributed by atoms with Gasteiger partial charge in [-0.1, -0.05) is 17.7 Å². The van der Waals surface area contributed by atoms with Gasteiger partial charge in [-0.25, -0.2) is 9.78 Å². The zero-order valence-electron chi connectivity index (χ0n) is 19.2. The number of rotatable bonds is 11. The average Bonchev–Trinajstić information content (AvgIpc) is 3.34. The Hall–Kier alpha value is -3.52. The molecular formula is C24H25ClN6O3S. The minimum atomic E-state index is -0.320. The van der Waals surface area contributed by atoms with Crippen molar-refractivity contribution in [3.05, 3.63) is 75.5 Å². The molecule has 3 aromatic rings. The van der Waals surface area contributed by atoms with Crippen LogP contribution in [0.4, 0.5) is 10.5 Å². The third kappa shape index (κ3) is 8.03. The predicted octanol–water partition coefficient (Wildman–Crippen LogP) is 4.43. The van der Waals surface area contributed by atoms with Crippen LogP contribution in [0.3, 0.4) is 0 Å². The number of carbonyl (C=O) groups is 2. The smallest absolute Gasteiger partial charge is 0.322 e.